The number of aromatic nitrogens is 2. The Morgan fingerprint density at radius 2 is 2.44 bits per heavy atom. The molecule has 0 aromatic carbocycles. The van der Waals surface area contributed by atoms with Crippen LogP contribution in [0, 0.1) is 6.92 Å². The number of nitrogens with two attached hydrogens (primary N) is 1. The summed E-state index contributed by atoms with van der Waals surface area (Å²) in [4.78, 5) is 12.4. The van der Waals surface area contributed by atoms with Crippen molar-refractivity contribution in [2.45, 2.75) is 6.92 Å². The summed E-state index contributed by atoms with van der Waals surface area (Å²) in [5.41, 5.74) is 7.04. The molecule has 0 bridgehead atoms. The smallest absolute Gasteiger partial charge is 0.266 e. The molecule has 2 aromatic heterocycles. The molecule has 2 aromatic rings. The minimum atomic E-state index is -0.199. The average Bonchev–Trinajstić information content (AvgIpc) is 2.76. The lowest BCUT2D eigenvalue weighted by Gasteiger charge is -2.00. The standard InChI is InChI=1S/C9H9BrN4OS/c1-4-2-6(16-7(4)10)9(15)13-8-5(11)3-12-14-8/h2-3H,11H2,1H3,(H2,12,13,14,15). The molecule has 0 atom stereocenters. The second kappa shape index (κ2) is 4.26. The molecule has 0 radical (unpaired) electrons. The van der Waals surface area contributed by atoms with Crippen molar-refractivity contribution in [3.8, 4) is 0 Å². The fourth-order valence-corrected chi connectivity index (χ4v) is 2.57. The molecule has 0 aliphatic heterocycles. The molecule has 5 nitrogen and oxygen atoms in total. The van der Waals surface area contributed by atoms with Gasteiger partial charge in [0, 0.05) is 0 Å². The van der Waals surface area contributed by atoms with Crippen molar-refractivity contribution >= 4 is 44.7 Å². The lowest BCUT2D eigenvalue weighted by Crippen LogP contribution is -2.11. The van der Waals surface area contributed by atoms with Gasteiger partial charge in [-0.2, -0.15) is 5.10 Å². The van der Waals surface area contributed by atoms with E-state index in [1.807, 2.05) is 13.0 Å². The number of carbonyl (C=O) groups excluding carboxylic acids is 1. The Balaban J connectivity index is 2.18. The van der Waals surface area contributed by atoms with E-state index >= 15 is 0 Å². The summed E-state index contributed by atoms with van der Waals surface area (Å²) in [5.74, 6) is 0.224. The molecule has 2 rings (SSSR count). The van der Waals surface area contributed by atoms with Gasteiger partial charge < -0.3 is 11.1 Å². The number of rotatable bonds is 2. The summed E-state index contributed by atoms with van der Waals surface area (Å²) < 4.78 is 0.954. The maximum atomic E-state index is 11.8. The predicted molar refractivity (Wildman–Crippen MR) is 67.7 cm³/mol. The average molecular weight is 301 g/mol. The number of nitrogens with zero attached hydrogens (tertiary/aromatic N) is 1. The van der Waals surface area contributed by atoms with E-state index in [2.05, 4.69) is 31.4 Å². The van der Waals surface area contributed by atoms with Gasteiger partial charge in [0.05, 0.1) is 20.5 Å². The first kappa shape index (κ1) is 11.2. The number of hydrogen-bond acceptors (Lipinski definition) is 4. The number of aryl methyl sites for hydroxylation is 1. The summed E-state index contributed by atoms with van der Waals surface area (Å²) >= 11 is 4.75. The molecule has 0 aliphatic rings. The van der Waals surface area contributed by atoms with Gasteiger partial charge in [0.1, 0.15) is 0 Å². The molecule has 0 aliphatic carbocycles. The highest BCUT2D eigenvalue weighted by Crippen LogP contribution is 2.28. The van der Waals surface area contributed by atoms with Crippen molar-refractivity contribution < 1.29 is 4.79 Å². The van der Waals surface area contributed by atoms with Crippen molar-refractivity contribution in [3.05, 3.63) is 26.5 Å². The molecule has 0 unspecified atom stereocenters. The van der Waals surface area contributed by atoms with Gasteiger partial charge in [-0.05, 0) is 34.5 Å². The molecule has 7 heteroatoms. The number of nitrogens with one attached hydrogen (secondary N) is 2. The zero-order valence-corrected chi connectivity index (χ0v) is 10.8. The molecule has 2 heterocycles. The Kier molecular flexibility index (Phi) is 2.97. The van der Waals surface area contributed by atoms with Crippen molar-refractivity contribution in [3.63, 3.8) is 0 Å². The number of halogens is 1. The van der Waals surface area contributed by atoms with Crippen LogP contribution in [0.5, 0.6) is 0 Å². The molecule has 1 amide bonds. The lowest BCUT2D eigenvalue weighted by atomic mass is 10.3. The van der Waals surface area contributed by atoms with Crippen LogP contribution in [0.25, 0.3) is 0 Å². The molecule has 4 N–H and O–H groups in total. The summed E-state index contributed by atoms with van der Waals surface area (Å²) in [7, 11) is 0. The van der Waals surface area contributed by atoms with E-state index in [1.54, 1.807) is 0 Å². The van der Waals surface area contributed by atoms with E-state index in [-0.39, 0.29) is 5.91 Å². The van der Waals surface area contributed by atoms with Crippen LogP contribution in [0.1, 0.15) is 15.2 Å². The number of nitrogen functional groups attached to an aromatic ring is 1. The summed E-state index contributed by atoms with van der Waals surface area (Å²) in [6, 6.07) is 1.82. The Bertz CT molecular complexity index is 514. The molecule has 84 valence electrons. The van der Waals surface area contributed by atoms with Gasteiger partial charge in [-0.25, -0.2) is 0 Å². The number of thiophene rings is 1. The Hall–Kier alpha value is -1.34. The summed E-state index contributed by atoms with van der Waals surface area (Å²) in [5, 5.41) is 8.99. The van der Waals surface area contributed by atoms with Crippen molar-refractivity contribution in [2.24, 2.45) is 0 Å². The largest absolute Gasteiger partial charge is 0.394 e. The van der Waals surface area contributed by atoms with E-state index < -0.39 is 0 Å². The molecule has 0 spiro atoms. The van der Waals surface area contributed by atoms with E-state index in [0.717, 1.165) is 9.35 Å². The zero-order chi connectivity index (χ0) is 11.7. The van der Waals surface area contributed by atoms with Gasteiger partial charge in [-0.1, -0.05) is 0 Å². The number of hydrogen-bond donors (Lipinski definition) is 3. The van der Waals surface area contributed by atoms with Crippen LogP contribution < -0.4 is 11.1 Å². The van der Waals surface area contributed by atoms with Crippen LogP contribution in [0.4, 0.5) is 11.5 Å². The maximum absolute atomic E-state index is 11.8. The maximum Gasteiger partial charge on any atom is 0.266 e. The Morgan fingerprint density at radius 1 is 1.69 bits per heavy atom. The second-order valence-corrected chi connectivity index (χ2v) is 5.59. The highest BCUT2D eigenvalue weighted by molar-refractivity contribution is 9.11. The van der Waals surface area contributed by atoms with Gasteiger partial charge in [0.2, 0.25) is 0 Å². The Labute approximate surface area is 104 Å². The van der Waals surface area contributed by atoms with Crippen LogP contribution in [-0.2, 0) is 0 Å². The van der Waals surface area contributed by atoms with Crippen LogP contribution in [-0.4, -0.2) is 16.1 Å². The van der Waals surface area contributed by atoms with E-state index in [9.17, 15) is 4.79 Å². The first-order chi connectivity index (χ1) is 7.58. The van der Waals surface area contributed by atoms with Crippen molar-refractivity contribution in [1.82, 2.24) is 10.2 Å². The van der Waals surface area contributed by atoms with Gasteiger partial charge in [-0.3, -0.25) is 9.89 Å². The topological polar surface area (TPSA) is 83.8 Å². The van der Waals surface area contributed by atoms with Crippen LogP contribution >= 0.6 is 27.3 Å². The van der Waals surface area contributed by atoms with Gasteiger partial charge in [0.15, 0.2) is 5.82 Å². The summed E-state index contributed by atoms with van der Waals surface area (Å²) in [6.45, 7) is 1.93. The van der Waals surface area contributed by atoms with Gasteiger partial charge in [-0.15, -0.1) is 11.3 Å². The third kappa shape index (κ3) is 2.10. The van der Waals surface area contributed by atoms with Gasteiger partial charge >= 0.3 is 0 Å². The summed E-state index contributed by atoms with van der Waals surface area (Å²) in [6.07, 6.45) is 1.45. The first-order valence-electron chi connectivity index (χ1n) is 4.44. The molecule has 0 saturated carbocycles. The van der Waals surface area contributed by atoms with Crippen molar-refractivity contribution in [1.29, 1.82) is 0 Å². The molecule has 16 heavy (non-hydrogen) atoms. The fourth-order valence-electron chi connectivity index (χ4n) is 1.14. The fraction of sp³-hybridized carbons (Fsp3) is 0.111. The zero-order valence-electron chi connectivity index (χ0n) is 8.37. The number of H-pyrrole nitrogens is 1. The second-order valence-electron chi connectivity index (χ2n) is 3.22. The van der Waals surface area contributed by atoms with Gasteiger partial charge in [0.25, 0.3) is 5.91 Å². The molecular weight excluding hydrogens is 292 g/mol. The molecule has 0 fully saturated rings. The lowest BCUT2D eigenvalue weighted by molar-refractivity contribution is 0.103. The minimum absolute atomic E-state index is 0.199. The first-order valence-corrected chi connectivity index (χ1v) is 6.05. The van der Waals surface area contributed by atoms with Crippen LogP contribution in [0.2, 0.25) is 0 Å². The molecule has 0 saturated heterocycles. The number of carbonyl (C=O) groups is 1. The highest BCUT2D eigenvalue weighted by Gasteiger charge is 2.13. The van der Waals surface area contributed by atoms with E-state index in [1.165, 1.54) is 17.5 Å². The Morgan fingerprint density at radius 3 is 2.94 bits per heavy atom. The third-order valence-electron chi connectivity index (χ3n) is 1.99. The molecular formula is C9H9BrN4OS. The van der Waals surface area contributed by atoms with E-state index in [0.29, 0.717) is 16.4 Å². The third-order valence-corrected chi connectivity index (χ3v) is 4.12. The monoisotopic (exact) mass is 300 g/mol. The number of amides is 1. The SMILES string of the molecule is Cc1cc(C(=O)Nc2[nH]ncc2N)sc1Br. The van der Waals surface area contributed by atoms with Crippen LogP contribution in [0.3, 0.4) is 0 Å². The normalized spacial score (nSPS) is 10.4. The quantitative estimate of drug-likeness (QED) is 0.796. The minimum Gasteiger partial charge on any atom is -0.394 e. The predicted octanol–water partition coefficient (Wildman–Crippen LogP) is 2.38. The van der Waals surface area contributed by atoms with E-state index in [4.69, 9.17) is 5.73 Å². The highest BCUT2D eigenvalue weighted by atomic mass is 79.9. The number of aromatic amines is 1. The van der Waals surface area contributed by atoms with Crippen LogP contribution in [0.15, 0.2) is 16.0 Å². The number of anilines is 2. The van der Waals surface area contributed by atoms with Crippen molar-refractivity contribution in [2.75, 3.05) is 11.1 Å².